The van der Waals surface area contributed by atoms with Crippen LogP contribution in [-0.2, 0) is 19.6 Å². The van der Waals surface area contributed by atoms with E-state index in [1.165, 1.54) is 19.1 Å². The van der Waals surface area contributed by atoms with E-state index in [0.29, 0.717) is 17.1 Å². The lowest BCUT2D eigenvalue weighted by molar-refractivity contribution is -0.115. The van der Waals surface area contributed by atoms with Crippen LogP contribution in [0.4, 0.5) is 17.1 Å². The Morgan fingerprint density at radius 3 is 2.15 bits per heavy atom. The number of sulfonamides is 1. The van der Waals surface area contributed by atoms with Crippen molar-refractivity contribution in [1.29, 1.82) is 0 Å². The largest absolute Gasteiger partial charge is 0.326 e. The first kappa shape index (κ1) is 20.4. The molecule has 144 valence electrons. The van der Waals surface area contributed by atoms with Gasteiger partial charge >= 0.3 is 0 Å². The predicted octanol–water partition coefficient (Wildman–Crippen LogP) is 2.67. The molecule has 2 aromatic rings. The summed E-state index contributed by atoms with van der Waals surface area (Å²) < 4.78 is 25.4. The van der Waals surface area contributed by atoms with Crippen LogP contribution in [0.15, 0.2) is 42.5 Å². The summed E-state index contributed by atoms with van der Waals surface area (Å²) >= 11 is 0. The standard InChI is InChI=1S/C19H23N3O4S/c1-13-5-10-18(14(2)11-13)21-19(24)12-22(27(4,25)26)17-8-6-16(7-9-17)20-15(3)23/h5-11H,12H2,1-4H3,(H,20,23)(H,21,24). The van der Waals surface area contributed by atoms with Gasteiger partial charge in [-0.15, -0.1) is 0 Å². The van der Waals surface area contributed by atoms with Crippen molar-refractivity contribution < 1.29 is 18.0 Å². The van der Waals surface area contributed by atoms with E-state index in [4.69, 9.17) is 0 Å². The molecule has 0 bridgehead atoms. The number of rotatable bonds is 6. The zero-order valence-corrected chi connectivity index (χ0v) is 16.6. The molecule has 0 aromatic heterocycles. The molecule has 0 aliphatic carbocycles. The highest BCUT2D eigenvalue weighted by molar-refractivity contribution is 7.92. The Morgan fingerprint density at radius 1 is 1.00 bits per heavy atom. The number of hydrogen-bond donors (Lipinski definition) is 2. The monoisotopic (exact) mass is 389 g/mol. The van der Waals surface area contributed by atoms with Crippen LogP contribution in [0.5, 0.6) is 0 Å². The SMILES string of the molecule is CC(=O)Nc1ccc(N(CC(=O)Nc2ccc(C)cc2C)S(C)(=O)=O)cc1. The van der Waals surface area contributed by atoms with Crippen molar-refractivity contribution in [2.24, 2.45) is 0 Å². The molecule has 2 N–H and O–H groups in total. The topological polar surface area (TPSA) is 95.6 Å². The van der Waals surface area contributed by atoms with Crippen molar-refractivity contribution in [1.82, 2.24) is 0 Å². The van der Waals surface area contributed by atoms with Crippen molar-refractivity contribution in [3.05, 3.63) is 53.6 Å². The van der Waals surface area contributed by atoms with Gasteiger partial charge in [0.15, 0.2) is 0 Å². The zero-order valence-electron chi connectivity index (χ0n) is 15.7. The molecule has 2 amide bonds. The van der Waals surface area contributed by atoms with E-state index in [1.54, 1.807) is 18.2 Å². The maximum atomic E-state index is 12.4. The highest BCUT2D eigenvalue weighted by Crippen LogP contribution is 2.21. The Morgan fingerprint density at radius 2 is 1.63 bits per heavy atom. The number of carbonyl (C=O) groups excluding carboxylic acids is 2. The van der Waals surface area contributed by atoms with Crippen molar-refractivity contribution in [2.45, 2.75) is 20.8 Å². The van der Waals surface area contributed by atoms with Crippen LogP contribution in [0.3, 0.4) is 0 Å². The van der Waals surface area contributed by atoms with Crippen LogP contribution in [0.1, 0.15) is 18.1 Å². The van der Waals surface area contributed by atoms with Crippen molar-refractivity contribution in [3.63, 3.8) is 0 Å². The Kier molecular flexibility index (Phi) is 6.22. The lowest BCUT2D eigenvalue weighted by Gasteiger charge is -2.22. The van der Waals surface area contributed by atoms with Crippen molar-refractivity contribution in [2.75, 3.05) is 27.7 Å². The van der Waals surface area contributed by atoms with Crippen LogP contribution < -0.4 is 14.9 Å². The normalized spacial score (nSPS) is 11.0. The van der Waals surface area contributed by atoms with Gasteiger partial charge in [0.1, 0.15) is 6.54 Å². The molecular weight excluding hydrogens is 366 g/mol. The number of hydrogen-bond acceptors (Lipinski definition) is 4. The number of nitrogens with zero attached hydrogens (tertiary/aromatic N) is 1. The smallest absolute Gasteiger partial charge is 0.245 e. The second kappa shape index (κ2) is 8.22. The van der Waals surface area contributed by atoms with Gasteiger partial charge in [0, 0.05) is 18.3 Å². The molecular formula is C19H23N3O4S. The highest BCUT2D eigenvalue weighted by Gasteiger charge is 2.21. The summed E-state index contributed by atoms with van der Waals surface area (Å²) in [5.74, 6) is -0.672. The van der Waals surface area contributed by atoms with E-state index in [1.807, 2.05) is 26.0 Å². The Labute approximate surface area is 159 Å². The zero-order chi connectivity index (χ0) is 20.2. The minimum Gasteiger partial charge on any atom is -0.326 e. The average molecular weight is 389 g/mol. The van der Waals surface area contributed by atoms with Gasteiger partial charge in [0.2, 0.25) is 21.8 Å². The summed E-state index contributed by atoms with van der Waals surface area (Å²) in [4.78, 5) is 23.5. The third-order valence-electron chi connectivity index (χ3n) is 3.82. The second-order valence-corrected chi connectivity index (χ2v) is 8.27. The molecule has 0 heterocycles. The molecule has 7 nitrogen and oxygen atoms in total. The average Bonchev–Trinajstić information content (AvgIpc) is 2.55. The van der Waals surface area contributed by atoms with Gasteiger partial charge in [0.25, 0.3) is 0 Å². The van der Waals surface area contributed by atoms with Gasteiger partial charge < -0.3 is 10.6 Å². The third kappa shape index (κ3) is 5.82. The molecule has 0 saturated carbocycles. The maximum Gasteiger partial charge on any atom is 0.245 e. The number of amides is 2. The van der Waals surface area contributed by atoms with Crippen LogP contribution in [0.2, 0.25) is 0 Å². The molecule has 0 radical (unpaired) electrons. The number of anilines is 3. The molecule has 0 aliphatic heterocycles. The number of aryl methyl sites for hydroxylation is 2. The number of nitrogens with one attached hydrogen (secondary N) is 2. The minimum absolute atomic E-state index is 0.226. The molecule has 27 heavy (non-hydrogen) atoms. The van der Waals surface area contributed by atoms with Crippen molar-refractivity contribution >= 4 is 38.9 Å². The fourth-order valence-electron chi connectivity index (χ4n) is 2.59. The van der Waals surface area contributed by atoms with Gasteiger partial charge in [-0.3, -0.25) is 13.9 Å². The molecule has 0 atom stereocenters. The summed E-state index contributed by atoms with van der Waals surface area (Å²) in [6.45, 7) is 4.85. The lowest BCUT2D eigenvalue weighted by Crippen LogP contribution is -2.37. The van der Waals surface area contributed by atoms with E-state index in [2.05, 4.69) is 10.6 Å². The lowest BCUT2D eigenvalue weighted by atomic mass is 10.1. The van der Waals surface area contributed by atoms with Crippen LogP contribution in [-0.4, -0.2) is 33.0 Å². The summed E-state index contributed by atoms with van der Waals surface area (Å²) in [6, 6.07) is 11.8. The first-order chi connectivity index (χ1) is 12.6. The van der Waals surface area contributed by atoms with E-state index < -0.39 is 15.9 Å². The molecule has 0 saturated heterocycles. The minimum atomic E-state index is -3.67. The third-order valence-corrected chi connectivity index (χ3v) is 4.96. The Hall–Kier alpha value is -2.87. The Bertz CT molecular complexity index is 953. The fraction of sp³-hybridized carbons (Fsp3) is 0.263. The molecule has 0 aliphatic rings. The second-order valence-electron chi connectivity index (χ2n) is 6.36. The molecule has 2 aromatic carbocycles. The Balaban J connectivity index is 2.19. The van der Waals surface area contributed by atoms with E-state index >= 15 is 0 Å². The molecule has 0 spiro atoms. The number of benzene rings is 2. The van der Waals surface area contributed by atoms with E-state index in [9.17, 15) is 18.0 Å². The summed E-state index contributed by atoms with van der Waals surface area (Å²) in [6.07, 6.45) is 1.04. The summed E-state index contributed by atoms with van der Waals surface area (Å²) in [7, 11) is -3.67. The summed E-state index contributed by atoms with van der Waals surface area (Å²) in [5.41, 5.74) is 3.48. The van der Waals surface area contributed by atoms with Gasteiger partial charge in [-0.2, -0.15) is 0 Å². The van der Waals surface area contributed by atoms with Gasteiger partial charge in [-0.05, 0) is 49.7 Å². The number of carbonyl (C=O) groups is 2. The molecule has 0 fully saturated rings. The first-order valence-electron chi connectivity index (χ1n) is 8.29. The summed E-state index contributed by atoms with van der Waals surface area (Å²) in [5, 5.41) is 5.35. The first-order valence-corrected chi connectivity index (χ1v) is 10.1. The van der Waals surface area contributed by atoms with Crippen LogP contribution in [0.25, 0.3) is 0 Å². The van der Waals surface area contributed by atoms with E-state index in [-0.39, 0.29) is 12.5 Å². The molecule has 0 unspecified atom stereocenters. The van der Waals surface area contributed by atoms with Gasteiger partial charge in [-0.1, -0.05) is 17.7 Å². The van der Waals surface area contributed by atoms with Crippen LogP contribution in [0, 0.1) is 13.8 Å². The molecule has 2 rings (SSSR count). The predicted molar refractivity (Wildman–Crippen MR) is 107 cm³/mol. The maximum absolute atomic E-state index is 12.4. The van der Waals surface area contributed by atoms with Gasteiger partial charge in [-0.25, -0.2) is 8.42 Å². The van der Waals surface area contributed by atoms with E-state index in [0.717, 1.165) is 21.7 Å². The molecule has 8 heteroatoms. The highest BCUT2D eigenvalue weighted by atomic mass is 32.2. The van der Waals surface area contributed by atoms with Gasteiger partial charge in [0.05, 0.1) is 11.9 Å². The fourth-order valence-corrected chi connectivity index (χ4v) is 3.44. The van der Waals surface area contributed by atoms with Crippen molar-refractivity contribution in [3.8, 4) is 0 Å². The quantitative estimate of drug-likeness (QED) is 0.794. The van der Waals surface area contributed by atoms with Crippen LogP contribution >= 0.6 is 0 Å².